The Bertz CT molecular complexity index is 670. The van der Waals surface area contributed by atoms with E-state index in [9.17, 15) is 9.59 Å². The maximum atomic E-state index is 12.0. The van der Waals surface area contributed by atoms with Gasteiger partial charge in [-0.3, -0.25) is 19.0 Å². The van der Waals surface area contributed by atoms with Gasteiger partial charge < -0.3 is 11.1 Å². The number of aromatic nitrogens is 4. The predicted molar refractivity (Wildman–Crippen MR) is 79.7 cm³/mol. The van der Waals surface area contributed by atoms with E-state index in [2.05, 4.69) is 31.4 Å². The minimum absolute atomic E-state index is 0.0297. The number of carbonyl (C=O) groups excluding carboxylic acids is 2. The van der Waals surface area contributed by atoms with Crippen molar-refractivity contribution in [2.24, 2.45) is 5.73 Å². The second kappa shape index (κ2) is 6.08. The first-order chi connectivity index (χ1) is 9.90. The molecule has 0 aliphatic carbocycles. The van der Waals surface area contributed by atoms with Crippen LogP contribution in [0.25, 0.3) is 0 Å². The van der Waals surface area contributed by atoms with E-state index < -0.39 is 5.91 Å². The molecule has 21 heavy (non-hydrogen) atoms. The topological polar surface area (TPSA) is 108 Å². The third-order valence-electron chi connectivity index (χ3n) is 2.79. The van der Waals surface area contributed by atoms with Crippen LogP contribution in [0.1, 0.15) is 23.1 Å². The molecule has 0 bridgehead atoms. The molecule has 9 heteroatoms. The Morgan fingerprint density at radius 2 is 2.05 bits per heavy atom. The minimum Gasteiger partial charge on any atom is -0.364 e. The van der Waals surface area contributed by atoms with Crippen molar-refractivity contribution in [1.82, 2.24) is 19.6 Å². The lowest BCUT2D eigenvalue weighted by molar-refractivity contribution is -0.116. The Balaban J connectivity index is 2.12. The van der Waals surface area contributed by atoms with Crippen LogP contribution < -0.4 is 11.1 Å². The number of nitrogens with two attached hydrogens (primary N) is 1. The summed E-state index contributed by atoms with van der Waals surface area (Å²) in [7, 11) is 0. The summed E-state index contributed by atoms with van der Waals surface area (Å²) in [6, 6.07) is 0. The average molecular weight is 355 g/mol. The molecule has 2 heterocycles. The number of anilines is 1. The summed E-state index contributed by atoms with van der Waals surface area (Å²) in [4.78, 5) is 23.3. The lowest BCUT2D eigenvalue weighted by atomic mass is 10.3. The molecule has 112 valence electrons. The van der Waals surface area contributed by atoms with Crippen molar-refractivity contribution in [3.05, 3.63) is 28.3 Å². The Kier molecular flexibility index (Phi) is 4.41. The first-order valence-electron chi connectivity index (χ1n) is 6.27. The molecule has 0 unspecified atom stereocenters. The summed E-state index contributed by atoms with van der Waals surface area (Å²) in [5.41, 5.74) is 6.38. The number of carbonyl (C=O) groups is 2. The zero-order chi connectivity index (χ0) is 15.6. The Morgan fingerprint density at radius 3 is 2.57 bits per heavy atom. The van der Waals surface area contributed by atoms with Crippen molar-refractivity contribution < 1.29 is 9.59 Å². The average Bonchev–Trinajstić information content (AvgIpc) is 2.93. The zero-order valence-electron chi connectivity index (χ0n) is 11.6. The van der Waals surface area contributed by atoms with Crippen molar-refractivity contribution in [3.8, 4) is 0 Å². The second-order valence-electron chi connectivity index (χ2n) is 4.42. The third kappa shape index (κ3) is 3.48. The molecule has 0 aromatic carbocycles. The van der Waals surface area contributed by atoms with Crippen molar-refractivity contribution in [2.75, 3.05) is 5.32 Å². The molecule has 0 atom stereocenters. The van der Waals surface area contributed by atoms with Crippen molar-refractivity contribution >= 4 is 33.4 Å². The molecule has 2 amide bonds. The highest BCUT2D eigenvalue weighted by molar-refractivity contribution is 9.10. The molecular formula is C12H15BrN6O2. The van der Waals surface area contributed by atoms with Gasteiger partial charge in [0.15, 0.2) is 5.69 Å². The maximum Gasteiger partial charge on any atom is 0.271 e. The molecule has 2 aromatic rings. The molecule has 0 radical (unpaired) electrons. The molecule has 0 saturated carbocycles. The summed E-state index contributed by atoms with van der Waals surface area (Å²) in [6.07, 6.45) is 3.28. The number of hydrogen-bond acceptors (Lipinski definition) is 4. The van der Waals surface area contributed by atoms with Gasteiger partial charge in [0.05, 0.1) is 15.9 Å². The number of halogens is 1. The lowest BCUT2D eigenvalue weighted by Crippen LogP contribution is -2.21. The number of hydrogen-bond donors (Lipinski definition) is 2. The fourth-order valence-electron chi connectivity index (χ4n) is 1.77. The number of amides is 2. The van der Waals surface area contributed by atoms with Crippen molar-refractivity contribution in [1.29, 1.82) is 0 Å². The van der Waals surface area contributed by atoms with Gasteiger partial charge in [0.1, 0.15) is 6.54 Å². The van der Waals surface area contributed by atoms with Crippen LogP contribution >= 0.6 is 15.9 Å². The molecule has 2 aromatic heterocycles. The van der Waals surface area contributed by atoms with Crippen molar-refractivity contribution in [3.63, 3.8) is 0 Å². The van der Waals surface area contributed by atoms with Gasteiger partial charge in [-0.1, -0.05) is 0 Å². The highest BCUT2D eigenvalue weighted by atomic mass is 79.9. The number of nitrogens with one attached hydrogen (secondary N) is 1. The Morgan fingerprint density at radius 1 is 1.33 bits per heavy atom. The van der Waals surface area contributed by atoms with Crippen LogP contribution in [0.15, 0.2) is 16.9 Å². The number of aryl methyl sites for hydroxylation is 2. The van der Waals surface area contributed by atoms with E-state index in [1.165, 1.54) is 9.36 Å². The van der Waals surface area contributed by atoms with Crippen molar-refractivity contribution in [2.45, 2.75) is 26.9 Å². The first kappa shape index (κ1) is 15.2. The van der Waals surface area contributed by atoms with E-state index in [0.717, 1.165) is 10.2 Å². The third-order valence-corrected chi connectivity index (χ3v) is 3.56. The molecule has 0 saturated heterocycles. The quantitative estimate of drug-likeness (QED) is 0.831. The fourth-order valence-corrected chi connectivity index (χ4v) is 2.08. The molecule has 2 rings (SSSR count). The van der Waals surface area contributed by atoms with Gasteiger partial charge in [-0.2, -0.15) is 10.2 Å². The van der Waals surface area contributed by atoms with Gasteiger partial charge >= 0.3 is 0 Å². The lowest BCUT2D eigenvalue weighted by Gasteiger charge is -2.03. The Labute approximate surface area is 129 Å². The van der Waals surface area contributed by atoms with Gasteiger partial charge in [-0.25, -0.2) is 0 Å². The highest BCUT2D eigenvalue weighted by Crippen LogP contribution is 2.15. The largest absolute Gasteiger partial charge is 0.364 e. The monoisotopic (exact) mass is 354 g/mol. The van der Waals surface area contributed by atoms with Crippen LogP contribution in [0.5, 0.6) is 0 Å². The highest BCUT2D eigenvalue weighted by Gasteiger charge is 2.16. The summed E-state index contributed by atoms with van der Waals surface area (Å²) in [5, 5.41) is 10.8. The maximum absolute atomic E-state index is 12.0. The van der Waals surface area contributed by atoms with Crippen LogP contribution in [-0.2, 0) is 17.9 Å². The number of nitrogens with zero attached hydrogens (tertiary/aromatic N) is 4. The Hall–Kier alpha value is -2.16. The normalized spacial score (nSPS) is 10.6. The molecular weight excluding hydrogens is 340 g/mol. The summed E-state index contributed by atoms with van der Waals surface area (Å²) >= 11 is 3.33. The van der Waals surface area contributed by atoms with Crippen LogP contribution in [-0.4, -0.2) is 31.4 Å². The van der Waals surface area contributed by atoms with E-state index in [-0.39, 0.29) is 18.1 Å². The number of primary amides is 1. The van der Waals surface area contributed by atoms with Gasteiger partial charge in [0.2, 0.25) is 5.91 Å². The van der Waals surface area contributed by atoms with Gasteiger partial charge in [0, 0.05) is 18.9 Å². The summed E-state index contributed by atoms with van der Waals surface area (Å²) < 4.78 is 3.86. The van der Waals surface area contributed by atoms with Crippen LogP contribution in [0.2, 0.25) is 0 Å². The van der Waals surface area contributed by atoms with E-state index in [1.54, 1.807) is 12.4 Å². The molecule has 8 nitrogen and oxygen atoms in total. The van der Waals surface area contributed by atoms with Gasteiger partial charge in [0.25, 0.3) is 5.91 Å². The van der Waals surface area contributed by atoms with Crippen LogP contribution in [0, 0.1) is 6.92 Å². The number of rotatable bonds is 5. The van der Waals surface area contributed by atoms with E-state index in [0.29, 0.717) is 12.2 Å². The smallest absolute Gasteiger partial charge is 0.271 e. The summed E-state index contributed by atoms with van der Waals surface area (Å²) in [5.74, 6) is -1.00. The van der Waals surface area contributed by atoms with Crippen LogP contribution in [0.4, 0.5) is 5.69 Å². The van der Waals surface area contributed by atoms with Crippen LogP contribution in [0.3, 0.4) is 0 Å². The predicted octanol–water partition coefficient (Wildman–Crippen LogP) is 0.908. The molecule has 0 aliphatic rings. The SMILES string of the molecule is CCn1cc(NC(=O)Cn2cc(Br)c(C)n2)c(C(N)=O)n1. The second-order valence-corrected chi connectivity index (χ2v) is 5.27. The van der Waals surface area contributed by atoms with Gasteiger partial charge in [-0.15, -0.1) is 0 Å². The van der Waals surface area contributed by atoms with Gasteiger partial charge in [-0.05, 0) is 29.8 Å². The standard InChI is InChI=1S/C12H15BrN6O2/c1-3-18-5-9(11(17-18)12(14)21)15-10(20)6-19-4-8(13)7(2)16-19/h4-5H,3,6H2,1-2H3,(H2,14,21)(H,15,20). The minimum atomic E-state index is -0.685. The van der Waals surface area contributed by atoms with E-state index in [4.69, 9.17) is 5.73 Å². The van der Waals surface area contributed by atoms with E-state index in [1.807, 2.05) is 13.8 Å². The fraction of sp³-hybridized carbons (Fsp3) is 0.333. The molecule has 0 spiro atoms. The molecule has 0 fully saturated rings. The first-order valence-corrected chi connectivity index (χ1v) is 7.06. The van der Waals surface area contributed by atoms with E-state index >= 15 is 0 Å². The molecule has 0 aliphatic heterocycles. The molecule has 3 N–H and O–H groups in total. The summed E-state index contributed by atoms with van der Waals surface area (Å²) in [6.45, 7) is 4.30. The zero-order valence-corrected chi connectivity index (χ0v) is 13.2.